The van der Waals surface area contributed by atoms with Gasteiger partial charge in [0.15, 0.2) is 0 Å². The van der Waals surface area contributed by atoms with Gasteiger partial charge in [-0.25, -0.2) is 0 Å². The molecule has 1 saturated heterocycles. The van der Waals surface area contributed by atoms with E-state index in [1.54, 1.807) is 0 Å². The van der Waals surface area contributed by atoms with E-state index in [1.807, 2.05) is 13.8 Å². The standard InChI is InChI=1S/C14H24N4/c1-12-10-14(13(2)17-16-12)11-15-6-5-9-18-7-3-4-8-18/h10,15H,3-9,11H2,1-2H3. The maximum absolute atomic E-state index is 4.14. The third-order valence-electron chi connectivity index (χ3n) is 3.55. The fourth-order valence-electron chi connectivity index (χ4n) is 2.44. The van der Waals surface area contributed by atoms with E-state index in [9.17, 15) is 0 Å². The topological polar surface area (TPSA) is 41.0 Å². The van der Waals surface area contributed by atoms with Crippen molar-refractivity contribution in [1.29, 1.82) is 0 Å². The van der Waals surface area contributed by atoms with Crippen LogP contribution in [-0.4, -0.2) is 41.3 Å². The predicted molar refractivity (Wildman–Crippen MR) is 73.5 cm³/mol. The highest BCUT2D eigenvalue weighted by Crippen LogP contribution is 2.07. The van der Waals surface area contributed by atoms with Crippen LogP contribution in [-0.2, 0) is 6.54 Å². The molecule has 0 bridgehead atoms. The van der Waals surface area contributed by atoms with Crippen LogP contribution >= 0.6 is 0 Å². The van der Waals surface area contributed by atoms with E-state index in [4.69, 9.17) is 0 Å². The van der Waals surface area contributed by atoms with Gasteiger partial charge >= 0.3 is 0 Å². The van der Waals surface area contributed by atoms with Gasteiger partial charge in [0.2, 0.25) is 0 Å². The van der Waals surface area contributed by atoms with Crippen LogP contribution in [0.1, 0.15) is 36.2 Å². The Bertz CT molecular complexity index is 372. The molecule has 1 aliphatic rings. The summed E-state index contributed by atoms with van der Waals surface area (Å²) in [5, 5.41) is 11.7. The van der Waals surface area contributed by atoms with E-state index in [2.05, 4.69) is 26.5 Å². The summed E-state index contributed by atoms with van der Waals surface area (Å²) in [5.74, 6) is 0. The lowest BCUT2D eigenvalue weighted by atomic mass is 10.2. The largest absolute Gasteiger partial charge is 0.313 e. The van der Waals surface area contributed by atoms with E-state index in [0.717, 1.165) is 24.5 Å². The monoisotopic (exact) mass is 248 g/mol. The van der Waals surface area contributed by atoms with Crippen LogP contribution in [0.2, 0.25) is 0 Å². The van der Waals surface area contributed by atoms with Crippen molar-refractivity contribution in [1.82, 2.24) is 20.4 Å². The first kappa shape index (κ1) is 13.4. The average molecular weight is 248 g/mol. The smallest absolute Gasteiger partial charge is 0.0645 e. The van der Waals surface area contributed by atoms with Crippen molar-refractivity contribution in [3.8, 4) is 0 Å². The Morgan fingerprint density at radius 3 is 2.78 bits per heavy atom. The number of likely N-dealkylation sites (tertiary alicyclic amines) is 1. The zero-order valence-corrected chi connectivity index (χ0v) is 11.6. The van der Waals surface area contributed by atoms with Gasteiger partial charge in [-0.1, -0.05) is 0 Å². The van der Waals surface area contributed by atoms with E-state index in [-0.39, 0.29) is 0 Å². The van der Waals surface area contributed by atoms with Crippen LogP contribution in [0.15, 0.2) is 6.07 Å². The van der Waals surface area contributed by atoms with Gasteiger partial charge in [-0.3, -0.25) is 0 Å². The summed E-state index contributed by atoms with van der Waals surface area (Å²) in [7, 11) is 0. The molecule has 0 unspecified atom stereocenters. The lowest BCUT2D eigenvalue weighted by Crippen LogP contribution is -2.25. The second-order valence-corrected chi connectivity index (χ2v) is 5.18. The van der Waals surface area contributed by atoms with Crippen molar-refractivity contribution in [2.24, 2.45) is 0 Å². The number of aryl methyl sites for hydroxylation is 2. The summed E-state index contributed by atoms with van der Waals surface area (Å²) in [6.45, 7) is 9.83. The van der Waals surface area contributed by atoms with E-state index in [0.29, 0.717) is 0 Å². The van der Waals surface area contributed by atoms with Crippen LogP contribution in [0.5, 0.6) is 0 Å². The summed E-state index contributed by atoms with van der Waals surface area (Å²) in [5.41, 5.74) is 3.30. The fourth-order valence-corrected chi connectivity index (χ4v) is 2.44. The quantitative estimate of drug-likeness (QED) is 0.778. The van der Waals surface area contributed by atoms with Crippen LogP contribution in [0.4, 0.5) is 0 Å². The molecule has 0 spiro atoms. The molecule has 0 amide bonds. The van der Waals surface area contributed by atoms with Crippen molar-refractivity contribution in [2.75, 3.05) is 26.2 Å². The molecule has 1 fully saturated rings. The summed E-state index contributed by atoms with van der Waals surface area (Å²) < 4.78 is 0. The Morgan fingerprint density at radius 1 is 1.22 bits per heavy atom. The van der Waals surface area contributed by atoms with Gasteiger partial charge in [0.25, 0.3) is 0 Å². The average Bonchev–Trinajstić information content (AvgIpc) is 2.86. The first-order valence-corrected chi connectivity index (χ1v) is 6.98. The summed E-state index contributed by atoms with van der Waals surface area (Å²) >= 11 is 0. The maximum atomic E-state index is 4.14. The van der Waals surface area contributed by atoms with Gasteiger partial charge in [-0.05, 0) is 70.9 Å². The molecule has 1 aromatic heterocycles. The molecule has 1 aliphatic heterocycles. The Labute approximate surface area is 110 Å². The van der Waals surface area contributed by atoms with Crippen LogP contribution < -0.4 is 5.32 Å². The molecule has 0 aromatic carbocycles. The summed E-state index contributed by atoms with van der Waals surface area (Å²) in [4.78, 5) is 2.56. The highest BCUT2D eigenvalue weighted by atomic mass is 15.1. The Morgan fingerprint density at radius 2 is 2.00 bits per heavy atom. The van der Waals surface area contributed by atoms with Crippen LogP contribution in [0.3, 0.4) is 0 Å². The van der Waals surface area contributed by atoms with Gasteiger partial charge < -0.3 is 10.2 Å². The van der Waals surface area contributed by atoms with Crippen molar-refractivity contribution < 1.29 is 0 Å². The lowest BCUT2D eigenvalue weighted by molar-refractivity contribution is 0.331. The number of aromatic nitrogens is 2. The highest BCUT2D eigenvalue weighted by Gasteiger charge is 2.10. The molecule has 4 heteroatoms. The molecule has 2 heterocycles. The van der Waals surface area contributed by atoms with Crippen LogP contribution in [0.25, 0.3) is 0 Å². The van der Waals surface area contributed by atoms with Gasteiger partial charge in [0.1, 0.15) is 0 Å². The second kappa shape index (κ2) is 6.81. The Hall–Kier alpha value is -1.00. The van der Waals surface area contributed by atoms with Gasteiger partial charge in [0, 0.05) is 6.54 Å². The molecule has 0 aliphatic carbocycles. The molecule has 18 heavy (non-hydrogen) atoms. The Kier molecular flexibility index (Phi) is 5.08. The lowest BCUT2D eigenvalue weighted by Gasteiger charge is -2.14. The van der Waals surface area contributed by atoms with Crippen molar-refractivity contribution in [2.45, 2.75) is 39.7 Å². The molecule has 0 atom stereocenters. The number of nitrogens with one attached hydrogen (secondary N) is 1. The minimum absolute atomic E-state index is 0.905. The molecule has 1 aromatic rings. The first-order valence-electron chi connectivity index (χ1n) is 6.98. The SMILES string of the molecule is Cc1cc(CNCCCN2CCCC2)c(C)nn1. The molecular formula is C14H24N4. The molecule has 1 N–H and O–H groups in total. The maximum Gasteiger partial charge on any atom is 0.0645 e. The third kappa shape index (κ3) is 4.03. The molecule has 100 valence electrons. The Balaban J connectivity index is 1.64. The van der Waals surface area contributed by atoms with Gasteiger partial charge in [-0.15, -0.1) is 0 Å². The second-order valence-electron chi connectivity index (χ2n) is 5.18. The molecular weight excluding hydrogens is 224 g/mol. The number of rotatable bonds is 6. The molecule has 0 saturated carbocycles. The normalized spacial score (nSPS) is 16.3. The summed E-state index contributed by atoms with van der Waals surface area (Å²) in [6, 6.07) is 2.12. The fraction of sp³-hybridized carbons (Fsp3) is 0.714. The molecule has 4 nitrogen and oxygen atoms in total. The van der Waals surface area contributed by atoms with Gasteiger partial charge in [0.05, 0.1) is 11.4 Å². The number of hydrogen-bond donors (Lipinski definition) is 1. The van der Waals surface area contributed by atoms with E-state index in [1.165, 1.54) is 44.5 Å². The van der Waals surface area contributed by atoms with Crippen molar-refractivity contribution in [3.05, 3.63) is 23.0 Å². The van der Waals surface area contributed by atoms with Crippen molar-refractivity contribution >= 4 is 0 Å². The number of nitrogens with zero attached hydrogens (tertiary/aromatic N) is 3. The minimum atomic E-state index is 0.905. The zero-order chi connectivity index (χ0) is 12.8. The zero-order valence-electron chi connectivity index (χ0n) is 11.6. The summed E-state index contributed by atoms with van der Waals surface area (Å²) in [6.07, 6.45) is 4.00. The van der Waals surface area contributed by atoms with E-state index >= 15 is 0 Å². The molecule has 2 rings (SSSR count). The highest BCUT2D eigenvalue weighted by molar-refractivity contribution is 5.19. The third-order valence-corrected chi connectivity index (χ3v) is 3.55. The van der Waals surface area contributed by atoms with Crippen molar-refractivity contribution in [3.63, 3.8) is 0 Å². The van der Waals surface area contributed by atoms with Crippen LogP contribution in [0, 0.1) is 13.8 Å². The van der Waals surface area contributed by atoms with Gasteiger partial charge in [-0.2, -0.15) is 10.2 Å². The first-order chi connectivity index (χ1) is 8.75. The number of hydrogen-bond acceptors (Lipinski definition) is 4. The predicted octanol–water partition coefficient (Wildman–Crippen LogP) is 1.67. The molecule has 0 radical (unpaired) electrons. The minimum Gasteiger partial charge on any atom is -0.313 e. The van der Waals surface area contributed by atoms with E-state index < -0.39 is 0 Å².